The van der Waals surface area contributed by atoms with Gasteiger partial charge in [-0.25, -0.2) is 12.7 Å². The predicted molar refractivity (Wildman–Crippen MR) is 102 cm³/mol. The van der Waals surface area contributed by atoms with Gasteiger partial charge in [0.05, 0.1) is 5.75 Å². The summed E-state index contributed by atoms with van der Waals surface area (Å²) in [6.07, 6.45) is 1.42. The molecule has 1 saturated heterocycles. The molecular weight excluding hydrogens is 368 g/mol. The number of hydrogen-bond acceptors (Lipinski definition) is 4. The van der Waals surface area contributed by atoms with Crippen molar-refractivity contribution in [2.24, 2.45) is 5.92 Å². The number of nitrogens with zero attached hydrogens (tertiary/aromatic N) is 2. The number of carbonyl (C=O) groups excluding carboxylic acids is 1. The zero-order valence-electron chi connectivity index (χ0n) is 15.7. The highest BCUT2D eigenvalue weighted by molar-refractivity contribution is 7.89. The van der Waals surface area contributed by atoms with Gasteiger partial charge in [-0.05, 0) is 31.7 Å². The molecule has 1 aromatic rings. The minimum atomic E-state index is -3.22. The van der Waals surface area contributed by atoms with E-state index in [4.69, 9.17) is 5.11 Å². The first-order valence-corrected chi connectivity index (χ1v) is 11.0. The van der Waals surface area contributed by atoms with Crippen molar-refractivity contribution >= 4 is 21.9 Å². The lowest BCUT2D eigenvalue weighted by molar-refractivity contribution is -0.140. The van der Waals surface area contributed by atoms with Gasteiger partial charge >= 0.3 is 5.97 Å². The highest BCUT2D eigenvalue weighted by atomic mass is 32.2. The van der Waals surface area contributed by atoms with Crippen LogP contribution in [0.1, 0.15) is 38.2 Å². The number of carbonyl (C=O) groups is 2. The molecule has 1 aromatic carbocycles. The molecule has 1 heterocycles. The summed E-state index contributed by atoms with van der Waals surface area (Å²) >= 11 is 0. The zero-order valence-corrected chi connectivity index (χ0v) is 16.5. The van der Waals surface area contributed by atoms with Crippen LogP contribution in [0.3, 0.4) is 0 Å². The number of sulfonamides is 1. The molecule has 8 heteroatoms. The Morgan fingerprint density at radius 2 is 1.81 bits per heavy atom. The molecule has 0 unspecified atom stereocenters. The van der Waals surface area contributed by atoms with E-state index in [1.54, 1.807) is 11.8 Å². The summed E-state index contributed by atoms with van der Waals surface area (Å²) in [5.41, 5.74) is 0.993. The molecule has 1 aliphatic heterocycles. The second-order valence-corrected chi connectivity index (χ2v) is 9.07. The Bertz CT molecular complexity index is 728. The van der Waals surface area contributed by atoms with Crippen LogP contribution in [-0.4, -0.2) is 60.0 Å². The van der Waals surface area contributed by atoms with Gasteiger partial charge in [0.2, 0.25) is 15.9 Å². The number of piperidine rings is 1. The summed E-state index contributed by atoms with van der Waals surface area (Å²) in [6, 6.07) is 9.60. The van der Waals surface area contributed by atoms with Gasteiger partial charge < -0.3 is 10.0 Å². The van der Waals surface area contributed by atoms with Crippen molar-refractivity contribution in [3.63, 3.8) is 0 Å². The second kappa shape index (κ2) is 9.85. The number of carboxylic acids is 1. The first kappa shape index (κ1) is 21.4. The summed E-state index contributed by atoms with van der Waals surface area (Å²) in [5, 5.41) is 8.87. The topological polar surface area (TPSA) is 95.0 Å². The molecule has 0 atom stereocenters. The SMILES string of the molecule is CCS(=O)(=O)N1CCC(C(=O)N(CCCC(=O)O)Cc2ccccc2)CC1. The Hall–Kier alpha value is -1.93. The van der Waals surface area contributed by atoms with Crippen molar-refractivity contribution in [1.82, 2.24) is 9.21 Å². The lowest BCUT2D eigenvalue weighted by Gasteiger charge is -2.33. The third kappa shape index (κ3) is 6.32. The van der Waals surface area contributed by atoms with Gasteiger partial charge in [0.25, 0.3) is 0 Å². The molecule has 0 saturated carbocycles. The molecule has 1 N–H and O–H groups in total. The van der Waals surface area contributed by atoms with Crippen molar-refractivity contribution in [1.29, 1.82) is 0 Å². The van der Waals surface area contributed by atoms with Crippen molar-refractivity contribution in [3.05, 3.63) is 35.9 Å². The van der Waals surface area contributed by atoms with E-state index in [1.807, 2.05) is 30.3 Å². The van der Waals surface area contributed by atoms with E-state index in [-0.39, 0.29) is 24.0 Å². The molecule has 0 spiro atoms. The van der Waals surface area contributed by atoms with Gasteiger partial charge in [0.15, 0.2) is 0 Å². The lowest BCUT2D eigenvalue weighted by atomic mass is 9.96. The van der Waals surface area contributed by atoms with Crippen LogP contribution >= 0.6 is 0 Å². The summed E-state index contributed by atoms with van der Waals surface area (Å²) in [4.78, 5) is 25.5. The molecule has 7 nitrogen and oxygen atoms in total. The molecule has 0 aromatic heterocycles. The summed E-state index contributed by atoms with van der Waals surface area (Å²) in [7, 11) is -3.22. The second-order valence-electron chi connectivity index (χ2n) is 6.82. The van der Waals surface area contributed by atoms with E-state index in [9.17, 15) is 18.0 Å². The Morgan fingerprint density at radius 3 is 2.37 bits per heavy atom. The molecule has 0 bridgehead atoms. The standard InChI is InChI=1S/C19H28N2O5S/c1-2-27(25,26)21-13-10-17(11-14-21)19(24)20(12-6-9-18(22)23)15-16-7-4-3-5-8-16/h3-5,7-8,17H,2,6,9-15H2,1H3,(H,22,23). The maximum absolute atomic E-state index is 13.0. The van der Waals surface area contributed by atoms with Crippen molar-refractivity contribution in [2.75, 3.05) is 25.4 Å². The number of rotatable bonds is 9. The summed E-state index contributed by atoms with van der Waals surface area (Å²) in [5.74, 6) is -1.04. The van der Waals surface area contributed by atoms with E-state index in [2.05, 4.69) is 0 Å². The summed E-state index contributed by atoms with van der Waals surface area (Å²) in [6.45, 7) is 3.17. The molecular formula is C19H28N2O5S. The largest absolute Gasteiger partial charge is 0.481 e. The monoisotopic (exact) mass is 396 g/mol. The van der Waals surface area contributed by atoms with E-state index >= 15 is 0 Å². The predicted octanol–water partition coefficient (Wildman–Crippen LogP) is 1.94. The van der Waals surface area contributed by atoms with Crippen molar-refractivity contribution < 1.29 is 23.1 Å². The first-order valence-electron chi connectivity index (χ1n) is 9.36. The molecule has 27 heavy (non-hydrogen) atoms. The summed E-state index contributed by atoms with van der Waals surface area (Å²) < 4.78 is 25.4. The van der Waals surface area contributed by atoms with Crippen molar-refractivity contribution in [2.45, 2.75) is 39.2 Å². The quantitative estimate of drug-likeness (QED) is 0.688. The van der Waals surface area contributed by atoms with Gasteiger partial charge in [-0.1, -0.05) is 30.3 Å². The fourth-order valence-electron chi connectivity index (χ4n) is 3.31. The highest BCUT2D eigenvalue weighted by Crippen LogP contribution is 2.23. The average molecular weight is 397 g/mol. The van der Waals surface area contributed by atoms with E-state index in [0.29, 0.717) is 45.4 Å². The van der Waals surface area contributed by atoms with Crippen LogP contribution < -0.4 is 0 Å². The van der Waals surface area contributed by atoms with Gasteiger partial charge in [-0.2, -0.15) is 0 Å². The fraction of sp³-hybridized carbons (Fsp3) is 0.579. The molecule has 1 fully saturated rings. The molecule has 0 radical (unpaired) electrons. The van der Waals surface area contributed by atoms with Crippen molar-refractivity contribution in [3.8, 4) is 0 Å². The van der Waals surface area contributed by atoms with Crippen LogP contribution in [-0.2, 0) is 26.2 Å². The zero-order chi connectivity index (χ0) is 19.9. The molecule has 1 aliphatic rings. The third-order valence-corrected chi connectivity index (χ3v) is 6.79. The van der Waals surface area contributed by atoms with Gasteiger partial charge in [-0.15, -0.1) is 0 Å². The number of aliphatic carboxylic acids is 1. The first-order chi connectivity index (χ1) is 12.8. The molecule has 150 valence electrons. The van der Waals surface area contributed by atoms with Crippen LogP contribution in [0, 0.1) is 5.92 Å². The van der Waals surface area contributed by atoms with Gasteiger partial charge in [0.1, 0.15) is 0 Å². The van der Waals surface area contributed by atoms with E-state index in [1.165, 1.54) is 4.31 Å². The lowest BCUT2D eigenvalue weighted by Crippen LogP contribution is -2.44. The smallest absolute Gasteiger partial charge is 0.303 e. The normalized spacial score (nSPS) is 16.2. The maximum Gasteiger partial charge on any atom is 0.303 e. The van der Waals surface area contributed by atoms with Crippen LogP contribution in [0.25, 0.3) is 0 Å². The fourth-order valence-corrected chi connectivity index (χ4v) is 4.45. The van der Waals surface area contributed by atoms with Crippen LogP contribution in [0.4, 0.5) is 0 Å². The van der Waals surface area contributed by atoms with Crippen LogP contribution in [0.15, 0.2) is 30.3 Å². The van der Waals surface area contributed by atoms with Crippen LogP contribution in [0.5, 0.6) is 0 Å². The van der Waals surface area contributed by atoms with E-state index < -0.39 is 16.0 Å². The van der Waals surface area contributed by atoms with Crippen LogP contribution in [0.2, 0.25) is 0 Å². The molecule has 0 aliphatic carbocycles. The third-order valence-electron chi connectivity index (χ3n) is 4.91. The Balaban J connectivity index is 2.01. The number of hydrogen-bond donors (Lipinski definition) is 1. The molecule has 1 amide bonds. The minimum absolute atomic E-state index is 0.0159. The number of carboxylic acid groups (broad SMARTS) is 1. The average Bonchev–Trinajstić information content (AvgIpc) is 2.67. The maximum atomic E-state index is 13.0. The Labute approximate surface area is 161 Å². The Kier molecular flexibility index (Phi) is 7.79. The molecule has 2 rings (SSSR count). The van der Waals surface area contributed by atoms with Gasteiger partial charge in [0, 0.05) is 38.5 Å². The Morgan fingerprint density at radius 1 is 1.19 bits per heavy atom. The number of benzene rings is 1. The van der Waals surface area contributed by atoms with E-state index in [0.717, 1.165) is 5.56 Å². The van der Waals surface area contributed by atoms with Gasteiger partial charge in [-0.3, -0.25) is 9.59 Å². The number of amides is 1. The minimum Gasteiger partial charge on any atom is -0.481 e. The highest BCUT2D eigenvalue weighted by Gasteiger charge is 2.32.